The maximum Gasteiger partial charge on any atom is 0.225 e. The number of hydrogen-bond donors (Lipinski definition) is 0. The van der Waals surface area contributed by atoms with Crippen LogP contribution in [-0.4, -0.2) is 52.8 Å². The van der Waals surface area contributed by atoms with Gasteiger partial charge in [-0.25, -0.2) is 0 Å². The Hall–Kier alpha value is -1.91. The molecule has 3 fully saturated rings. The van der Waals surface area contributed by atoms with E-state index >= 15 is 0 Å². The first kappa shape index (κ1) is 17.5. The van der Waals surface area contributed by atoms with E-state index in [0.29, 0.717) is 17.7 Å². The van der Waals surface area contributed by atoms with Crippen LogP contribution in [0.5, 0.6) is 0 Å². The van der Waals surface area contributed by atoms with Crippen LogP contribution in [0.3, 0.4) is 0 Å². The summed E-state index contributed by atoms with van der Waals surface area (Å²) in [5.74, 6) is 1.57. The van der Waals surface area contributed by atoms with Gasteiger partial charge in [0.2, 0.25) is 11.8 Å². The molecule has 1 aromatic heterocycles. The fourth-order valence-corrected chi connectivity index (χ4v) is 4.59. The first-order chi connectivity index (χ1) is 12.7. The van der Waals surface area contributed by atoms with Crippen LogP contribution in [0.1, 0.15) is 56.4 Å². The van der Waals surface area contributed by atoms with Gasteiger partial charge in [0.25, 0.3) is 0 Å². The molecule has 1 saturated carbocycles. The molecule has 3 aliphatic rings. The van der Waals surface area contributed by atoms with E-state index < -0.39 is 0 Å². The first-order valence-corrected chi connectivity index (χ1v) is 10.2. The predicted octanol–water partition coefficient (Wildman–Crippen LogP) is 2.83. The standard InChI is InChI=1S/C21H29N3O2/c25-20(18-2-1-3-18)24-14-8-19(9-15-24)21(26)23-12-6-17(7-13-23)16-4-10-22-11-5-16/h4-5,10-11,17-19H,1-3,6-9,12-15H2. The lowest BCUT2D eigenvalue weighted by Crippen LogP contribution is -2.48. The molecule has 4 rings (SSSR count). The average Bonchev–Trinajstić information content (AvgIpc) is 2.67. The second-order valence-electron chi connectivity index (χ2n) is 8.11. The number of nitrogens with zero attached hydrogens (tertiary/aromatic N) is 3. The maximum atomic E-state index is 12.9. The number of rotatable bonds is 3. The Morgan fingerprint density at radius 1 is 0.769 bits per heavy atom. The molecular weight excluding hydrogens is 326 g/mol. The number of carbonyl (C=O) groups is 2. The molecule has 1 aromatic rings. The largest absolute Gasteiger partial charge is 0.342 e. The van der Waals surface area contributed by atoms with Crippen LogP contribution in [0.25, 0.3) is 0 Å². The third-order valence-corrected chi connectivity index (χ3v) is 6.59. The van der Waals surface area contributed by atoms with E-state index in [1.54, 1.807) is 0 Å². The van der Waals surface area contributed by atoms with Crippen molar-refractivity contribution in [3.63, 3.8) is 0 Å². The number of hydrogen-bond acceptors (Lipinski definition) is 3. The molecule has 2 amide bonds. The van der Waals surface area contributed by atoms with Gasteiger partial charge in [-0.1, -0.05) is 6.42 Å². The number of pyridine rings is 1. The molecule has 0 spiro atoms. The zero-order chi connectivity index (χ0) is 17.9. The Morgan fingerprint density at radius 3 is 1.77 bits per heavy atom. The lowest BCUT2D eigenvalue weighted by molar-refractivity contribution is -0.144. The van der Waals surface area contributed by atoms with Crippen molar-refractivity contribution in [3.05, 3.63) is 30.1 Å². The van der Waals surface area contributed by atoms with Gasteiger partial charge in [-0.05, 0) is 62.1 Å². The molecule has 0 aromatic carbocycles. The van der Waals surface area contributed by atoms with Gasteiger partial charge < -0.3 is 9.80 Å². The number of likely N-dealkylation sites (tertiary alicyclic amines) is 2. The molecule has 26 heavy (non-hydrogen) atoms. The highest BCUT2D eigenvalue weighted by Gasteiger charge is 2.35. The predicted molar refractivity (Wildman–Crippen MR) is 99.4 cm³/mol. The molecule has 1 aliphatic carbocycles. The molecule has 0 unspecified atom stereocenters. The van der Waals surface area contributed by atoms with E-state index in [2.05, 4.69) is 22.0 Å². The Kier molecular flexibility index (Phi) is 5.23. The zero-order valence-corrected chi connectivity index (χ0v) is 15.5. The Morgan fingerprint density at radius 2 is 1.27 bits per heavy atom. The normalized spacial score (nSPS) is 22.9. The summed E-state index contributed by atoms with van der Waals surface area (Å²) >= 11 is 0. The molecule has 5 heteroatoms. The third-order valence-electron chi connectivity index (χ3n) is 6.59. The molecule has 2 saturated heterocycles. The van der Waals surface area contributed by atoms with Crippen molar-refractivity contribution in [1.82, 2.24) is 14.8 Å². The van der Waals surface area contributed by atoms with Crippen molar-refractivity contribution in [1.29, 1.82) is 0 Å². The number of carbonyl (C=O) groups excluding carboxylic acids is 2. The summed E-state index contributed by atoms with van der Waals surface area (Å²) in [7, 11) is 0. The molecule has 5 nitrogen and oxygen atoms in total. The maximum absolute atomic E-state index is 12.9. The monoisotopic (exact) mass is 355 g/mol. The summed E-state index contributed by atoms with van der Waals surface area (Å²) in [4.78, 5) is 33.4. The lowest BCUT2D eigenvalue weighted by atomic mass is 9.83. The van der Waals surface area contributed by atoms with Gasteiger partial charge in [0.05, 0.1) is 0 Å². The minimum absolute atomic E-state index is 0.109. The third kappa shape index (κ3) is 3.62. The smallest absolute Gasteiger partial charge is 0.225 e. The second-order valence-corrected chi connectivity index (χ2v) is 8.11. The minimum Gasteiger partial charge on any atom is -0.342 e. The Labute approximate surface area is 155 Å². The lowest BCUT2D eigenvalue weighted by Gasteiger charge is -2.39. The van der Waals surface area contributed by atoms with E-state index in [4.69, 9.17) is 0 Å². The van der Waals surface area contributed by atoms with Crippen LogP contribution in [0.15, 0.2) is 24.5 Å². The van der Waals surface area contributed by atoms with E-state index in [1.165, 1.54) is 12.0 Å². The van der Waals surface area contributed by atoms with Crippen LogP contribution < -0.4 is 0 Å². The quantitative estimate of drug-likeness (QED) is 0.838. The van der Waals surface area contributed by atoms with Gasteiger partial charge >= 0.3 is 0 Å². The van der Waals surface area contributed by atoms with Crippen molar-refractivity contribution in [2.75, 3.05) is 26.2 Å². The zero-order valence-electron chi connectivity index (χ0n) is 15.5. The highest BCUT2D eigenvalue weighted by molar-refractivity contribution is 5.81. The van der Waals surface area contributed by atoms with E-state index in [0.717, 1.165) is 64.7 Å². The molecule has 3 heterocycles. The number of amides is 2. The van der Waals surface area contributed by atoms with Crippen LogP contribution in [0, 0.1) is 11.8 Å². The summed E-state index contributed by atoms with van der Waals surface area (Å²) in [5, 5.41) is 0. The highest BCUT2D eigenvalue weighted by Crippen LogP contribution is 2.32. The SMILES string of the molecule is O=C(C1CCC1)N1CCC(C(=O)N2CCC(c3ccncc3)CC2)CC1. The van der Waals surface area contributed by atoms with Gasteiger partial charge in [0.15, 0.2) is 0 Å². The molecule has 0 atom stereocenters. The van der Waals surface area contributed by atoms with Gasteiger partial charge in [-0.2, -0.15) is 0 Å². The summed E-state index contributed by atoms with van der Waals surface area (Å²) in [6.45, 7) is 3.23. The van der Waals surface area contributed by atoms with E-state index in [9.17, 15) is 9.59 Å². The minimum atomic E-state index is 0.109. The van der Waals surface area contributed by atoms with Gasteiger partial charge in [-0.15, -0.1) is 0 Å². The van der Waals surface area contributed by atoms with E-state index in [1.807, 2.05) is 17.3 Å². The average molecular weight is 355 g/mol. The molecular formula is C21H29N3O2. The number of aromatic nitrogens is 1. The summed E-state index contributed by atoms with van der Waals surface area (Å²) in [6.07, 6.45) is 10.8. The summed E-state index contributed by atoms with van der Waals surface area (Å²) in [5.41, 5.74) is 1.34. The van der Waals surface area contributed by atoms with Gasteiger partial charge in [0, 0.05) is 50.4 Å². The molecule has 140 valence electrons. The molecule has 0 radical (unpaired) electrons. The van der Waals surface area contributed by atoms with Gasteiger partial charge in [-0.3, -0.25) is 14.6 Å². The van der Waals surface area contributed by atoms with Crippen molar-refractivity contribution in [3.8, 4) is 0 Å². The fourth-order valence-electron chi connectivity index (χ4n) is 4.59. The molecule has 0 N–H and O–H groups in total. The van der Waals surface area contributed by atoms with Crippen molar-refractivity contribution in [2.45, 2.75) is 50.9 Å². The number of piperidine rings is 2. The Balaban J connectivity index is 1.25. The van der Waals surface area contributed by atoms with Crippen LogP contribution in [0.2, 0.25) is 0 Å². The van der Waals surface area contributed by atoms with Crippen LogP contribution >= 0.6 is 0 Å². The van der Waals surface area contributed by atoms with Gasteiger partial charge in [0.1, 0.15) is 0 Å². The summed E-state index contributed by atoms with van der Waals surface area (Å²) < 4.78 is 0. The highest BCUT2D eigenvalue weighted by atomic mass is 16.2. The topological polar surface area (TPSA) is 53.5 Å². The van der Waals surface area contributed by atoms with E-state index in [-0.39, 0.29) is 11.8 Å². The van der Waals surface area contributed by atoms with Crippen LogP contribution in [0.4, 0.5) is 0 Å². The van der Waals surface area contributed by atoms with Crippen LogP contribution in [-0.2, 0) is 9.59 Å². The van der Waals surface area contributed by atoms with Crippen molar-refractivity contribution in [2.24, 2.45) is 11.8 Å². The summed E-state index contributed by atoms with van der Waals surface area (Å²) in [6, 6.07) is 4.19. The second kappa shape index (κ2) is 7.77. The molecule has 0 bridgehead atoms. The Bertz CT molecular complexity index is 628. The fraction of sp³-hybridized carbons (Fsp3) is 0.667. The van der Waals surface area contributed by atoms with Crippen molar-refractivity contribution < 1.29 is 9.59 Å². The van der Waals surface area contributed by atoms with Crippen molar-refractivity contribution >= 4 is 11.8 Å². The first-order valence-electron chi connectivity index (χ1n) is 10.2. The molecule has 2 aliphatic heterocycles.